The van der Waals surface area contributed by atoms with Gasteiger partial charge in [-0.05, 0) is 87.8 Å². The summed E-state index contributed by atoms with van der Waals surface area (Å²) in [5.41, 5.74) is 11.2. The van der Waals surface area contributed by atoms with E-state index in [1.54, 1.807) is 0 Å². The molecular formula is C42H33N3O. The fourth-order valence-electron chi connectivity index (χ4n) is 6.27. The Kier molecular flexibility index (Phi) is 6.65. The van der Waals surface area contributed by atoms with Gasteiger partial charge in [-0.3, -0.25) is 0 Å². The van der Waals surface area contributed by atoms with Gasteiger partial charge in [-0.2, -0.15) is 0 Å². The summed E-state index contributed by atoms with van der Waals surface area (Å²) in [6.45, 7) is 6.63. The molecule has 2 heterocycles. The quantitative estimate of drug-likeness (QED) is 0.199. The molecule has 4 nitrogen and oxygen atoms in total. The average molecular weight is 596 g/mol. The van der Waals surface area contributed by atoms with Crippen LogP contribution in [0.4, 0.5) is 0 Å². The molecule has 0 spiro atoms. The highest BCUT2D eigenvalue weighted by Gasteiger charge is 2.18. The van der Waals surface area contributed by atoms with Crippen molar-refractivity contribution >= 4 is 21.8 Å². The molecule has 8 rings (SSSR count). The van der Waals surface area contributed by atoms with Crippen LogP contribution in [-0.2, 0) is 5.41 Å². The van der Waals surface area contributed by atoms with Gasteiger partial charge in [0.1, 0.15) is 0 Å². The monoisotopic (exact) mass is 595 g/mol. The maximum Gasteiger partial charge on any atom is 0.248 e. The first-order valence-electron chi connectivity index (χ1n) is 15.7. The minimum absolute atomic E-state index is 0.0814. The molecule has 0 atom stereocenters. The maximum atomic E-state index is 6.23. The predicted molar refractivity (Wildman–Crippen MR) is 189 cm³/mol. The van der Waals surface area contributed by atoms with E-state index in [1.807, 2.05) is 6.07 Å². The largest absolute Gasteiger partial charge is 0.416 e. The fraction of sp³-hybridized carbons (Fsp3) is 0.0952. The molecule has 0 saturated carbocycles. The second kappa shape index (κ2) is 11.0. The second-order valence-electron chi connectivity index (χ2n) is 12.8. The molecule has 8 aromatic rings. The Morgan fingerprint density at radius 3 is 1.50 bits per heavy atom. The third-order valence-corrected chi connectivity index (χ3v) is 8.75. The zero-order valence-electron chi connectivity index (χ0n) is 26.1. The van der Waals surface area contributed by atoms with Crippen LogP contribution in [0.3, 0.4) is 0 Å². The normalized spacial score (nSPS) is 11.8. The topological polar surface area (TPSA) is 43.9 Å². The standard InChI is InChI=1S/C42H33N3O/c1-42(2,3)34-21-17-30(18-22-34)40-43-44-41(46-40)33-15-10-16-35(25-33)45-38-23-19-31(28-11-6-4-7-12-28)26-36(38)37-27-32(20-24-39(37)45)29-13-8-5-9-14-29/h4-27H,1-3H3. The number of nitrogens with zero attached hydrogens (tertiary/aromatic N) is 3. The van der Waals surface area contributed by atoms with Crippen molar-refractivity contribution in [1.29, 1.82) is 0 Å². The van der Waals surface area contributed by atoms with E-state index in [9.17, 15) is 0 Å². The first-order chi connectivity index (χ1) is 22.4. The second-order valence-corrected chi connectivity index (χ2v) is 12.8. The van der Waals surface area contributed by atoms with Crippen LogP contribution in [0.2, 0.25) is 0 Å². The molecule has 0 saturated heterocycles. The SMILES string of the molecule is CC(C)(C)c1ccc(-c2nnc(-c3cccc(-n4c5ccc(-c6ccccc6)cc5c5cc(-c6ccccc6)ccc54)c3)o2)cc1. The third-order valence-electron chi connectivity index (χ3n) is 8.75. The Morgan fingerprint density at radius 1 is 0.457 bits per heavy atom. The van der Waals surface area contributed by atoms with Gasteiger partial charge in [0.25, 0.3) is 0 Å². The van der Waals surface area contributed by atoms with Gasteiger partial charge in [-0.25, -0.2) is 0 Å². The summed E-state index contributed by atoms with van der Waals surface area (Å²) in [6, 6.07) is 51.4. The van der Waals surface area contributed by atoms with Gasteiger partial charge in [-0.1, -0.05) is 112 Å². The van der Waals surface area contributed by atoms with E-state index in [-0.39, 0.29) is 5.41 Å². The molecule has 6 aromatic carbocycles. The van der Waals surface area contributed by atoms with Crippen molar-refractivity contribution in [2.45, 2.75) is 26.2 Å². The van der Waals surface area contributed by atoms with Crippen LogP contribution in [0, 0.1) is 0 Å². The number of aromatic nitrogens is 3. The summed E-state index contributed by atoms with van der Waals surface area (Å²) in [5.74, 6) is 1.01. The van der Waals surface area contributed by atoms with Crippen molar-refractivity contribution in [2.75, 3.05) is 0 Å². The fourth-order valence-corrected chi connectivity index (χ4v) is 6.27. The molecule has 0 unspecified atom stereocenters. The Balaban J connectivity index is 1.25. The van der Waals surface area contributed by atoms with Crippen LogP contribution in [0.5, 0.6) is 0 Å². The highest BCUT2D eigenvalue weighted by molar-refractivity contribution is 6.11. The molecule has 0 amide bonds. The minimum atomic E-state index is 0.0814. The zero-order chi connectivity index (χ0) is 31.3. The van der Waals surface area contributed by atoms with E-state index in [0.29, 0.717) is 11.8 Å². The summed E-state index contributed by atoms with van der Waals surface area (Å²) in [6.07, 6.45) is 0. The van der Waals surface area contributed by atoms with Crippen molar-refractivity contribution in [1.82, 2.24) is 14.8 Å². The molecule has 46 heavy (non-hydrogen) atoms. The number of fused-ring (bicyclic) bond motifs is 3. The maximum absolute atomic E-state index is 6.23. The number of hydrogen-bond acceptors (Lipinski definition) is 3. The van der Waals surface area contributed by atoms with Crippen LogP contribution in [0.1, 0.15) is 26.3 Å². The smallest absolute Gasteiger partial charge is 0.248 e. The average Bonchev–Trinajstić information content (AvgIpc) is 3.72. The molecular weight excluding hydrogens is 562 g/mol. The van der Waals surface area contributed by atoms with Crippen LogP contribution in [-0.4, -0.2) is 14.8 Å². The summed E-state index contributed by atoms with van der Waals surface area (Å²) in [4.78, 5) is 0. The Bertz CT molecular complexity index is 2230. The van der Waals surface area contributed by atoms with Gasteiger partial charge in [0.2, 0.25) is 11.8 Å². The van der Waals surface area contributed by atoms with Gasteiger partial charge >= 0.3 is 0 Å². The van der Waals surface area contributed by atoms with E-state index in [1.165, 1.54) is 38.6 Å². The van der Waals surface area contributed by atoms with E-state index >= 15 is 0 Å². The van der Waals surface area contributed by atoms with Gasteiger partial charge in [0.15, 0.2) is 0 Å². The summed E-state index contributed by atoms with van der Waals surface area (Å²) in [5, 5.41) is 11.3. The van der Waals surface area contributed by atoms with E-state index < -0.39 is 0 Å². The lowest BCUT2D eigenvalue weighted by Crippen LogP contribution is -2.10. The van der Waals surface area contributed by atoms with Gasteiger partial charge < -0.3 is 8.98 Å². The van der Waals surface area contributed by atoms with Crippen LogP contribution in [0.25, 0.3) is 72.7 Å². The first-order valence-corrected chi connectivity index (χ1v) is 15.7. The molecule has 0 aliphatic carbocycles. The molecule has 0 aliphatic rings. The van der Waals surface area contributed by atoms with Crippen molar-refractivity contribution in [3.63, 3.8) is 0 Å². The third kappa shape index (κ3) is 4.98. The zero-order valence-corrected chi connectivity index (χ0v) is 26.1. The lowest BCUT2D eigenvalue weighted by atomic mass is 9.87. The molecule has 222 valence electrons. The van der Waals surface area contributed by atoms with Crippen LogP contribution in [0.15, 0.2) is 150 Å². The number of hydrogen-bond donors (Lipinski definition) is 0. The summed E-state index contributed by atoms with van der Waals surface area (Å²) >= 11 is 0. The van der Waals surface area contributed by atoms with Gasteiger partial charge in [0, 0.05) is 27.6 Å². The van der Waals surface area contributed by atoms with Crippen molar-refractivity contribution in [3.8, 4) is 50.8 Å². The Labute approximate surface area is 268 Å². The Morgan fingerprint density at radius 2 is 0.957 bits per heavy atom. The molecule has 0 radical (unpaired) electrons. The number of rotatable bonds is 5. The molecule has 0 aliphatic heterocycles. The van der Waals surface area contributed by atoms with Crippen LogP contribution >= 0.6 is 0 Å². The first kappa shape index (κ1) is 27.8. The highest BCUT2D eigenvalue weighted by atomic mass is 16.4. The van der Waals surface area contributed by atoms with Crippen molar-refractivity contribution in [2.24, 2.45) is 0 Å². The van der Waals surface area contributed by atoms with E-state index in [4.69, 9.17) is 4.42 Å². The minimum Gasteiger partial charge on any atom is -0.416 e. The summed E-state index contributed by atoms with van der Waals surface area (Å²) in [7, 11) is 0. The van der Waals surface area contributed by atoms with Gasteiger partial charge in [-0.15, -0.1) is 10.2 Å². The van der Waals surface area contributed by atoms with Crippen LogP contribution < -0.4 is 0 Å². The van der Waals surface area contributed by atoms with Gasteiger partial charge in [0.05, 0.1) is 11.0 Å². The Hall–Kier alpha value is -5.74. The molecule has 0 fully saturated rings. The van der Waals surface area contributed by atoms with Crippen molar-refractivity contribution in [3.05, 3.63) is 151 Å². The van der Waals surface area contributed by atoms with E-state index in [0.717, 1.165) is 27.8 Å². The molecule has 2 aromatic heterocycles. The molecule has 4 heteroatoms. The molecule has 0 N–H and O–H groups in total. The molecule has 0 bridgehead atoms. The highest BCUT2D eigenvalue weighted by Crippen LogP contribution is 2.38. The lowest BCUT2D eigenvalue weighted by Gasteiger charge is -2.18. The number of benzene rings is 6. The summed E-state index contributed by atoms with van der Waals surface area (Å²) < 4.78 is 8.56. The predicted octanol–water partition coefficient (Wildman–Crippen LogP) is 11.1. The van der Waals surface area contributed by atoms with E-state index in [2.05, 4.69) is 175 Å². The lowest BCUT2D eigenvalue weighted by molar-refractivity contribution is 0.582. The van der Waals surface area contributed by atoms with Crippen molar-refractivity contribution < 1.29 is 4.42 Å².